The van der Waals surface area contributed by atoms with Gasteiger partial charge in [0.15, 0.2) is 0 Å². The SMILES string of the molecule is CCOC(=O)c1cc2sc(Br)cc2n1C. The molecule has 0 saturated heterocycles. The maximum absolute atomic E-state index is 11.6. The summed E-state index contributed by atoms with van der Waals surface area (Å²) in [4.78, 5) is 11.6. The number of hydrogen-bond donors (Lipinski definition) is 0. The van der Waals surface area contributed by atoms with E-state index in [0.29, 0.717) is 12.3 Å². The second-order valence-electron chi connectivity index (χ2n) is 3.11. The van der Waals surface area contributed by atoms with Crippen molar-refractivity contribution in [3.63, 3.8) is 0 Å². The van der Waals surface area contributed by atoms with E-state index in [1.54, 1.807) is 18.3 Å². The fourth-order valence-electron chi connectivity index (χ4n) is 1.48. The summed E-state index contributed by atoms with van der Waals surface area (Å²) in [6.45, 7) is 2.21. The molecule has 0 amide bonds. The number of aryl methyl sites for hydroxylation is 1. The van der Waals surface area contributed by atoms with E-state index in [-0.39, 0.29) is 5.97 Å². The number of carbonyl (C=O) groups excluding carboxylic acids is 1. The van der Waals surface area contributed by atoms with Crippen LogP contribution in [0, 0.1) is 0 Å². The van der Waals surface area contributed by atoms with Crippen LogP contribution in [-0.2, 0) is 11.8 Å². The van der Waals surface area contributed by atoms with E-state index < -0.39 is 0 Å². The van der Waals surface area contributed by atoms with Crippen molar-refractivity contribution < 1.29 is 9.53 Å². The molecule has 0 aliphatic rings. The van der Waals surface area contributed by atoms with Gasteiger partial charge in [-0.1, -0.05) is 0 Å². The largest absolute Gasteiger partial charge is 0.461 e. The number of esters is 1. The van der Waals surface area contributed by atoms with Crippen LogP contribution in [0.15, 0.2) is 15.9 Å². The highest BCUT2D eigenvalue weighted by atomic mass is 79.9. The molecule has 80 valence electrons. The van der Waals surface area contributed by atoms with Crippen LogP contribution in [0.3, 0.4) is 0 Å². The van der Waals surface area contributed by atoms with E-state index in [2.05, 4.69) is 15.9 Å². The van der Waals surface area contributed by atoms with Crippen LogP contribution in [0.5, 0.6) is 0 Å². The number of thiophene rings is 1. The third-order valence-electron chi connectivity index (χ3n) is 2.19. The molecule has 2 aromatic rings. The summed E-state index contributed by atoms with van der Waals surface area (Å²) < 4.78 is 8.99. The lowest BCUT2D eigenvalue weighted by atomic mass is 10.4. The molecule has 0 unspecified atom stereocenters. The first-order chi connectivity index (χ1) is 7.13. The average molecular weight is 288 g/mol. The lowest BCUT2D eigenvalue weighted by Gasteiger charge is -2.02. The molecule has 0 bridgehead atoms. The molecule has 0 spiro atoms. The Hall–Kier alpha value is -0.810. The van der Waals surface area contributed by atoms with E-state index in [1.807, 2.05) is 23.7 Å². The second kappa shape index (κ2) is 3.98. The zero-order chi connectivity index (χ0) is 11.0. The number of fused-ring (bicyclic) bond motifs is 1. The fraction of sp³-hybridized carbons (Fsp3) is 0.300. The molecular formula is C10H10BrNO2S. The van der Waals surface area contributed by atoms with Crippen molar-refractivity contribution in [2.45, 2.75) is 6.92 Å². The van der Waals surface area contributed by atoms with Crippen LogP contribution < -0.4 is 0 Å². The molecule has 0 saturated carbocycles. The van der Waals surface area contributed by atoms with Crippen LogP contribution in [0.25, 0.3) is 10.2 Å². The zero-order valence-corrected chi connectivity index (χ0v) is 10.8. The van der Waals surface area contributed by atoms with Gasteiger partial charge < -0.3 is 9.30 Å². The molecule has 0 fully saturated rings. The molecular weight excluding hydrogens is 278 g/mol. The van der Waals surface area contributed by atoms with Gasteiger partial charge in [0.1, 0.15) is 5.69 Å². The highest BCUT2D eigenvalue weighted by molar-refractivity contribution is 9.11. The minimum atomic E-state index is -0.264. The normalized spacial score (nSPS) is 10.9. The van der Waals surface area contributed by atoms with E-state index in [9.17, 15) is 4.79 Å². The summed E-state index contributed by atoms with van der Waals surface area (Å²) in [5.41, 5.74) is 1.65. The van der Waals surface area contributed by atoms with Crippen LogP contribution in [0.4, 0.5) is 0 Å². The predicted octanol–water partition coefficient (Wildman–Crippen LogP) is 3.18. The maximum Gasteiger partial charge on any atom is 0.354 e. The minimum Gasteiger partial charge on any atom is -0.461 e. The molecule has 0 atom stereocenters. The van der Waals surface area contributed by atoms with Crippen molar-refractivity contribution in [2.75, 3.05) is 6.61 Å². The van der Waals surface area contributed by atoms with E-state index in [1.165, 1.54) is 0 Å². The second-order valence-corrected chi connectivity index (χ2v) is 5.57. The van der Waals surface area contributed by atoms with Gasteiger partial charge in [0.05, 0.1) is 20.6 Å². The Morgan fingerprint density at radius 1 is 1.60 bits per heavy atom. The molecule has 0 aromatic carbocycles. The number of carbonyl (C=O) groups is 1. The summed E-state index contributed by atoms with van der Waals surface area (Å²) in [6, 6.07) is 3.87. The summed E-state index contributed by atoms with van der Waals surface area (Å²) in [5.74, 6) is -0.264. The van der Waals surface area contributed by atoms with Gasteiger partial charge in [-0.25, -0.2) is 4.79 Å². The van der Waals surface area contributed by atoms with Crippen LogP contribution in [-0.4, -0.2) is 17.1 Å². The third-order valence-corrected chi connectivity index (χ3v) is 3.76. The van der Waals surface area contributed by atoms with Crippen molar-refractivity contribution in [3.8, 4) is 0 Å². The summed E-state index contributed by atoms with van der Waals surface area (Å²) in [7, 11) is 1.87. The number of aromatic nitrogens is 1. The van der Waals surface area contributed by atoms with E-state index in [0.717, 1.165) is 14.0 Å². The third kappa shape index (κ3) is 1.81. The molecule has 0 aliphatic carbocycles. The van der Waals surface area contributed by atoms with Gasteiger partial charge in [0.2, 0.25) is 0 Å². The quantitative estimate of drug-likeness (QED) is 0.795. The van der Waals surface area contributed by atoms with Crippen LogP contribution >= 0.6 is 27.3 Å². The van der Waals surface area contributed by atoms with Gasteiger partial charge in [-0.3, -0.25) is 0 Å². The molecule has 0 N–H and O–H groups in total. The highest BCUT2D eigenvalue weighted by Gasteiger charge is 2.15. The monoisotopic (exact) mass is 287 g/mol. The molecule has 0 radical (unpaired) electrons. The zero-order valence-electron chi connectivity index (χ0n) is 8.41. The van der Waals surface area contributed by atoms with Gasteiger partial charge in [0, 0.05) is 7.05 Å². The van der Waals surface area contributed by atoms with Gasteiger partial charge in [-0.15, -0.1) is 11.3 Å². The van der Waals surface area contributed by atoms with Gasteiger partial charge in [-0.2, -0.15) is 0 Å². The first-order valence-corrected chi connectivity index (χ1v) is 6.16. The van der Waals surface area contributed by atoms with Gasteiger partial charge in [0.25, 0.3) is 0 Å². The number of halogens is 1. The first-order valence-electron chi connectivity index (χ1n) is 4.55. The Morgan fingerprint density at radius 3 is 2.93 bits per heavy atom. The van der Waals surface area contributed by atoms with E-state index >= 15 is 0 Å². The Labute approximate surface area is 99.8 Å². The maximum atomic E-state index is 11.6. The summed E-state index contributed by atoms with van der Waals surface area (Å²) >= 11 is 5.03. The standard InChI is InChI=1S/C10H10BrNO2S/c1-3-14-10(13)7-4-8-6(12(7)2)5-9(11)15-8/h4-5H,3H2,1-2H3. The van der Waals surface area contributed by atoms with Crippen molar-refractivity contribution in [1.82, 2.24) is 4.57 Å². The van der Waals surface area contributed by atoms with Crippen molar-refractivity contribution in [1.29, 1.82) is 0 Å². The lowest BCUT2D eigenvalue weighted by molar-refractivity contribution is 0.0516. The van der Waals surface area contributed by atoms with Crippen LogP contribution in [0.1, 0.15) is 17.4 Å². The number of ether oxygens (including phenoxy) is 1. The van der Waals surface area contributed by atoms with Gasteiger partial charge in [-0.05, 0) is 35.0 Å². The predicted molar refractivity (Wildman–Crippen MR) is 64.5 cm³/mol. The van der Waals surface area contributed by atoms with Crippen molar-refractivity contribution in [3.05, 3.63) is 21.6 Å². The van der Waals surface area contributed by atoms with E-state index in [4.69, 9.17) is 4.74 Å². The Bertz CT molecular complexity index is 515. The van der Waals surface area contributed by atoms with Crippen LogP contribution in [0.2, 0.25) is 0 Å². The summed E-state index contributed by atoms with van der Waals surface area (Å²) in [6.07, 6.45) is 0. The topological polar surface area (TPSA) is 31.2 Å². The van der Waals surface area contributed by atoms with Gasteiger partial charge >= 0.3 is 5.97 Å². The molecule has 0 aliphatic heterocycles. The number of hydrogen-bond acceptors (Lipinski definition) is 3. The smallest absolute Gasteiger partial charge is 0.354 e. The first kappa shape index (κ1) is 10.7. The Kier molecular flexibility index (Phi) is 2.84. The molecule has 2 aromatic heterocycles. The average Bonchev–Trinajstić information content (AvgIpc) is 2.66. The lowest BCUT2D eigenvalue weighted by Crippen LogP contribution is -2.09. The van der Waals surface area contributed by atoms with Crippen molar-refractivity contribution >= 4 is 43.5 Å². The molecule has 5 heteroatoms. The highest BCUT2D eigenvalue weighted by Crippen LogP contribution is 2.31. The Morgan fingerprint density at radius 2 is 2.33 bits per heavy atom. The molecule has 3 nitrogen and oxygen atoms in total. The Balaban J connectivity index is 2.49. The summed E-state index contributed by atoms with van der Waals surface area (Å²) in [5, 5.41) is 0. The van der Waals surface area contributed by atoms with Crippen molar-refractivity contribution in [2.24, 2.45) is 7.05 Å². The molecule has 2 rings (SSSR count). The number of nitrogens with zero attached hydrogens (tertiary/aromatic N) is 1. The minimum absolute atomic E-state index is 0.264. The molecule has 15 heavy (non-hydrogen) atoms. The number of rotatable bonds is 2. The molecule has 2 heterocycles. The fourth-order valence-corrected chi connectivity index (χ4v) is 3.07.